The molecule has 2 aliphatic rings. The van der Waals surface area contributed by atoms with Gasteiger partial charge in [-0.1, -0.05) is 6.92 Å². The summed E-state index contributed by atoms with van der Waals surface area (Å²) in [6, 6.07) is -0.125. The molecular weight excluding hydrogens is 232 g/mol. The summed E-state index contributed by atoms with van der Waals surface area (Å²) < 4.78 is 5.35. The van der Waals surface area contributed by atoms with E-state index in [1.54, 1.807) is 0 Å². The van der Waals surface area contributed by atoms with E-state index in [4.69, 9.17) is 4.74 Å². The van der Waals surface area contributed by atoms with Gasteiger partial charge in [0.05, 0.1) is 12.1 Å². The van der Waals surface area contributed by atoms with E-state index in [-0.39, 0.29) is 24.6 Å². The highest BCUT2D eigenvalue weighted by atomic mass is 16.5. The molecule has 0 radical (unpaired) electrons. The Balaban J connectivity index is 1.84. The third kappa shape index (κ3) is 2.84. The third-order valence-corrected chi connectivity index (χ3v) is 4.28. The van der Waals surface area contributed by atoms with Gasteiger partial charge in [0.25, 0.3) is 0 Å². The van der Waals surface area contributed by atoms with Crippen molar-refractivity contribution in [1.29, 1.82) is 0 Å². The van der Waals surface area contributed by atoms with Crippen molar-refractivity contribution in [2.75, 3.05) is 19.7 Å². The maximum Gasteiger partial charge on any atom is 0.237 e. The minimum atomic E-state index is -0.909. The van der Waals surface area contributed by atoms with Crippen LogP contribution in [0.3, 0.4) is 0 Å². The maximum atomic E-state index is 12.1. The molecule has 0 aromatic rings. The lowest BCUT2D eigenvalue weighted by molar-refractivity contribution is -0.126. The van der Waals surface area contributed by atoms with Crippen molar-refractivity contribution in [3.8, 4) is 0 Å². The first-order valence-electron chi connectivity index (χ1n) is 6.88. The topological polar surface area (TPSA) is 70.6 Å². The Hall–Kier alpha value is -0.650. The summed E-state index contributed by atoms with van der Waals surface area (Å²) in [4.78, 5) is 12.1. The number of hydrogen-bond donors (Lipinski definition) is 3. The number of nitrogens with one attached hydrogen (secondary N) is 2. The van der Waals surface area contributed by atoms with Gasteiger partial charge in [-0.2, -0.15) is 0 Å². The third-order valence-electron chi connectivity index (χ3n) is 4.28. The number of rotatable bonds is 3. The molecule has 0 aromatic carbocycles. The summed E-state index contributed by atoms with van der Waals surface area (Å²) in [6.07, 6.45) is 2.58. The van der Waals surface area contributed by atoms with Crippen molar-refractivity contribution in [2.24, 2.45) is 5.92 Å². The van der Waals surface area contributed by atoms with Crippen molar-refractivity contribution in [1.82, 2.24) is 10.6 Å². The van der Waals surface area contributed by atoms with Crippen LogP contribution in [0.2, 0.25) is 0 Å². The minimum Gasteiger partial charge on any atom is -0.385 e. The molecule has 0 spiro atoms. The molecule has 0 saturated carbocycles. The van der Waals surface area contributed by atoms with Gasteiger partial charge in [0, 0.05) is 19.6 Å². The summed E-state index contributed by atoms with van der Waals surface area (Å²) in [5, 5.41) is 16.4. The fourth-order valence-electron chi connectivity index (χ4n) is 2.75. The fraction of sp³-hybridized carbons (Fsp3) is 0.923. The van der Waals surface area contributed by atoms with Crippen LogP contribution >= 0.6 is 0 Å². The van der Waals surface area contributed by atoms with Gasteiger partial charge in [-0.3, -0.25) is 4.79 Å². The molecular formula is C13H24N2O3. The lowest BCUT2D eigenvalue weighted by atomic mass is 9.91. The number of carbonyl (C=O) groups is 1. The molecule has 104 valence electrons. The Morgan fingerprint density at radius 1 is 1.56 bits per heavy atom. The molecule has 1 amide bonds. The molecule has 0 bridgehead atoms. The first kappa shape index (κ1) is 13.8. The Morgan fingerprint density at radius 2 is 2.33 bits per heavy atom. The van der Waals surface area contributed by atoms with E-state index in [9.17, 15) is 9.90 Å². The van der Waals surface area contributed by atoms with Crippen molar-refractivity contribution >= 4 is 5.91 Å². The van der Waals surface area contributed by atoms with Crippen LogP contribution in [0.5, 0.6) is 0 Å². The lowest BCUT2D eigenvalue weighted by Gasteiger charge is -2.31. The average Bonchev–Trinajstić information content (AvgIpc) is 2.68. The van der Waals surface area contributed by atoms with Crippen LogP contribution in [-0.4, -0.2) is 48.5 Å². The number of ether oxygens (including phenoxy) is 1. The quantitative estimate of drug-likeness (QED) is 0.666. The van der Waals surface area contributed by atoms with E-state index in [1.807, 2.05) is 6.92 Å². The van der Waals surface area contributed by atoms with Crippen molar-refractivity contribution < 1.29 is 14.6 Å². The molecule has 2 fully saturated rings. The van der Waals surface area contributed by atoms with E-state index < -0.39 is 5.60 Å². The Morgan fingerprint density at radius 3 is 2.94 bits per heavy atom. The second-order valence-electron chi connectivity index (χ2n) is 5.64. The van der Waals surface area contributed by atoms with Crippen LogP contribution in [0, 0.1) is 5.92 Å². The van der Waals surface area contributed by atoms with Crippen LogP contribution in [0.25, 0.3) is 0 Å². The Kier molecular flexibility index (Phi) is 4.25. The zero-order chi connectivity index (χ0) is 13.2. The van der Waals surface area contributed by atoms with Crippen molar-refractivity contribution in [3.63, 3.8) is 0 Å². The fourth-order valence-corrected chi connectivity index (χ4v) is 2.75. The molecule has 4 atom stereocenters. The van der Waals surface area contributed by atoms with Crippen molar-refractivity contribution in [3.05, 3.63) is 0 Å². The number of hydrogen-bond acceptors (Lipinski definition) is 4. The van der Waals surface area contributed by atoms with Gasteiger partial charge in [0.2, 0.25) is 5.91 Å². The summed E-state index contributed by atoms with van der Waals surface area (Å²) in [5.74, 6) is 0.348. The van der Waals surface area contributed by atoms with Gasteiger partial charge < -0.3 is 20.5 Å². The maximum absolute atomic E-state index is 12.1. The standard InChI is InChI=1S/C13H24N2O3/c1-9-4-3-6-14-11(9)12(16)15-8-13(17)5-7-18-10(13)2/h9-11,14,17H,3-8H2,1-2H3,(H,15,16). The molecule has 18 heavy (non-hydrogen) atoms. The van der Waals surface area contributed by atoms with Crippen LogP contribution in [0.4, 0.5) is 0 Å². The number of carbonyl (C=O) groups excluding carboxylic acids is 1. The molecule has 5 heteroatoms. The number of amides is 1. The molecule has 5 nitrogen and oxygen atoms in total. The molecule has 4 unspecified atom stereocenters. The Labute approximate surface area is 108 Å². The first-order chi connectivity index (χ1) is 8.53. The highest BCUT2D eigenvalue weighted by Gasteiger charge is 2.40. The van der Waals surface area contributed by atoms with Crippen molar-refractivity contribution in [2.45, 2.75) is 50.9 Å². The summed E-state index contributed by atoms with van der Waals surface area (Å²) in [7, 11) is 0. The average molecular weight is 256 g/mol. The number of piperidine rings is 1. The second kappa shape index (κ2) is 5.55. The van der Waals surface area contributed by atoms with E-state index in [1.165, 1.54) is 0 Å². The number of aliphatic hydroxyl groups is 1. The normalized spacial score (nSPS) is 40.7. The molecule has 2 heterocycles. The summed E-state index contributed by atoms with van der Waals surface area (Å²) >= 11 is 0. The van der Waals surface area contributed by atoms with Gasteiger partial charge in [-0.15, -0.1) is 0 Å². The SMILES string of the molecule is CC1CCCNC1C(=O)NCC1(O)CCOC1C. The monoisotopic (exact) mass is 256 g/mol. The van der Waals surface area contributed by atoms with Crippen LogP contribution < -0.4 is 10.6 Å². The van der Waals surface area contributed by atoms with Gasteiger partial charge in [-0.25, -0.2) is 0 Å². The highest BCUT2D eigenvalue weighted by molar-refractivity contribution is 5.82. The zero-order valence-electron chi connectivity index (χ0n) is 11.2. The largest absolute Gasteiger partial charge is 0.385 e. The molecule has 2 aliphatic heterocycles. The molecule has 0 aliphatic carbocycles. The van der Waals surface area contributed by atoms with Crippen LogP contribution in [0.15, 0.2) is 0 Å². The second-order valence-corrected chi connectivity index (χ2v) is 5.64. The van der Waals surface area contributed by atoms with E-state index in [2.05, 4.69) is 17.6 Å². The van der Waals surface area contributed by atoms with E-state index in [0.29, 0.717) is 18.9 Å². The smallest absolute Gasteiger partial charge is 0.237 e. The van der Waals surface area contributed by atoms with Gasteiger partial charge >= 0.3 is 0 Å². The molecule has 3 N–H and O–H groups in total. The van der Waals surface area contributed by atoms with Gasteiger partial charge in [0.1, 0.15) is 5.60 Å². The van der Waals surface area contributed by atoms with Gasteiger partial charge in [-0.05, 0) is 32.2 Å². The molecule has 2 saturated heterocycles. The molecule has 2 rings (SSSR count). The highest BCUT2D eigenvalue weighted by Crippen LogP contribution is 2.25. The van der Waals surface area contributed by atoms with E-state index in [0.717, 1.165) is 19.4 Å². The first-order valence-corrected chi connectivity index (χ1v) is 6.88. The summed E-state index contributed by atoms with van der Waals surface area (Å²) in [6.45, 7) is 5.67. The van der Waals surface area contributed by atoms with Crippen LogP contribution in [-0.2, 0) is 9.53 Å². The predicted molar refractivity (Wildman–Crippen MR) is 68.2 cm³/mol. The van der Waals surface area contributed by atoms with Gasteiger partial charge in [0.15, 0.2) is 0 Å². The molecule has 0 aromatic heterocycles. The predicted octanol–water partition coefficient (Wildman–Crippen LogP) is 0.0306. The Bertz CT molecular complexity index is 311. The minimum absolute atomic E-state index is 0.00488. The van der Waals surface area contributed by atoms with Crippen LogP contribution in [0.1, 0.15) is 33.1 Å². The lowest BCUT2D eigenvalue weighted by Crippen LogP contribution is -2.55. The summed E-state index contributed by atoms with van der Waals surface area (Å²) in [5.41, 5.74) is -0.909. The van der Waals surface area contributed by atoms with E-state index >= 15 is 0 Å². The zero-order valence-corrected chi connectivity index (χ0v) is 11.2.